The van der Waals surface area contributed by atoms with Gasteiger partial charge in [0, 0.05) is 5.56 Å². The first-order valence-electron chi connectivity index (χ1n) is 5.50. The topological polar surface area (TPSA) is 68.3 Å². The molecule has 0 amide bonds. The van der Waals surface area contributed by atoms with E-state index >= 15 is 0 Å². The number of hydrogen-bond donors (Lipinski definition) is 2. The molecule has 0 heterocycles. The van der Waals surface area contributed by atoms with Gasteiger partial charge in [-0.2, -0.15) is 0 Å². The lowest BCUT2D eigenvalue weighted by molar-refractivity contribution is -0.325. The molecular weight excluding hydrogens is 261 g/mol. The molecule has 0 aliphatic heterocycles. The summed E-state index contributed by atoms with van der Waals surface area (Å²) < 4.78 is 44.2. The summed E-state index contributed by atoms with van der Waals surface area (Å²) in [7, 11) is 0. The van der Waals surface area contributed by atoms with Crippen LogP contribution < -0.4 is 10.5 Å². The van der Waals surface area contributed by atoms with Gasteiger partial charge in [-0.3, -0.25) is 10.1 Å². The van der Waals surface area contributed by atoms with Crippen LogP contribution in [0.15, 0.2) is 12.1 Å². The van der Waals surface area contributed by atoms with Crippen molar-refractivity contribution in [2.24, 2.45) is 5.73 Å². The van der Waals surface area contributed by atoms with Gasteiger partial charge in [-0.05, 0) is 37.1 Å². The van der Waals surface area contributed by atoms with E-state index in [2.05, 4.69) is 4.74 Å². The second-order valence-electron chi connectivity index (χ2n) is 4.00. The number of rotatable bonds is 5. The van der Waals surface area contributed by atoms with E-state index in [1.807, 2.05) is 0 Å². The summed E-state index contributed by atoms with van der Waals surface area (Å²) in [5.41, 5.74) is 7.33. The number of nitrogen functional groups attached to an aromatic ring is 1. The summed E-state index contributed by atoms with van der Waals surface area (Å²) >= 11 is 0. The highest BCUT2D eigenvalue weighted by atomic mass is 19.4. The van der Waals surface area contributed by atoms with E-state index in [-0.39, 0.29) is 12.4 Å². The van der Waals surface area contributed by atoms with Crippen molar-refractivity contribution in [3.8, 4) is 5.75 Å². The fourth-order valence-electron chi connectivity index (χ4n) is 1.63. The number of nitrogens with two attached hydrogens (primary N) is 1. The van der Waals surface area contributed by atoms with Gasteiger partial charge in [0.2, 0.25) is 0 Å². The van der Waals surface area contributed by atoms with Crippen molar-refractivity contribution < 1.29 is 22.6 Å². The van der Waals surface area contributed by atoms with Crippen LogP contribution in [0.2, 0.25) is 0 Å². The number of aryl methyl sites for hydroxylation is 2. The summed E-state index contributed by atoms with van der Waals surface area (Å²) in [5, 5.41) is 7.33. The van der Waals surface area contributed by atoms with Crippen molar-refractivity contribution >= 4 is 5.84 Å². The van der Waals surface area contributed by atoms with E-state index in [4.69, 9.17) is 15.9 Å². The third-order valence-corrected chi connectivity index (χ3v) is 2.37. The maximum Gasteiger partial charge on any atom is 0.522 e. The summed E-state index contributed by atoms with van der Waals surface area (Å²) in [5.74, 6) is 0.411. The Morgan fingerprint density at radius 1 is 1.21 bits per heavy atom. The molecule has 7 heteroatoms. The van der Waals surface area contributed by atoms with Gasteiger partial charge in [0.1, 0.15) is 18.2 Å². The number of halogens is 3. The number of amidine groups is 1. The quantitative estimate of drug-likeness (QED) is 0.493. The van der Waals surface area contributed by atoms with Crippen LogP contribution in [0.3, 0.4) is 0 Å². The Morgan fingerprint density at radius 3 is 2.16 bits per heavy atom. The molecule has 0 saturated heterocycles. The van der Waals surface area contributed by atoms with E-state index in [0.717, 1.165) is 0 Å². The fourth-order valence-corrected chi connectivity index (χ4v) is 1.63. The van der Waals surface area contributed by atoms with Crippen molar-refractivity contribution in [3.05, 3.63) is 28.8 Å². The monoisotopic (exact) mass is 276 g/mol. The Labute approximate surface area is 108 Å². The summed E-state index contributed by atoms with van der Waals surface area (Å²) in [6.45, 7) is 2.69. The van der Waals surface area contributed by atoms with Gasteiger partial charge in [0.05, 0.1) is 6.61 Å². The van der Waals surface area contributed by atoms with Crippen molar-refractivity contribution in [3.63, 3.8) is 0 Å². The Balaban J connectivity index is 2.67. The molecule has 4 nitrogen and oxygen atoms in total. The normalized spacial score (nSPS) is 11.4. The minimum atomic E-state index is -4.65. The maximum atomic E-state index is 11.8. The molecule has 1 aromatic rings. The van der Waals surface area contributed by atoms with Crippen molar-refractivity contribution in [1.29, 1.82) is 5.41 Å². The largest absolute Gasteiger partial charge is 0.522 e. The molecule has 0 fully saturated rings. The first-order valence-corrected chi connectivity index (χ1v) is 5.50. The zero-order valence-corrected chi connectivity index (χ0v) is 10.6. The number of benzene rings is 1. The van der Waals surface area contributed by atoms with Crippen LogP contribution in [0.5, 0.6) is 5.75 Å². The number of hydrogen-bond acceptors (Lipinski definition) is 3. The first kappa shape index (κ1) is 15.3. The van der Waals surface area contributed by atoms with Gasteiger partial charge in [-0.1, -0.05) is 0 Å². The molecule has 0 aliphatic carbocycles. The summed E-state index contributed by atoms with van der Waals surface area (Å²) in [6.07, 6.45) is -4.65. The van der Waals surface area contributed by atoms with E-state index < -0.39 is 13.0 Å². The minimum Gasteiger partial charge on any atom is -0.491 e. The molecule has 0 aliphatic rings. The van der Waals surface area contributed by atoms with Crippen LogP contribution in [0.1, 0.15) is 16.7 Å². The highest BCUT2D eigenvalue weighted by Gasteiger charge is 2.28. The second kappa shape index (κ2) is 5.92. The predicted octanol–water partition coefficient (Wildman–Crippen LogP) is 2.50. The van der Waals surface area contributed by atoms with Gasteiger partial charge in [-0.25, -0.2) is 0 Å². The lowest BCUT2D eigenvalue weighted by Gasteiger charge is -2.14. The molecule has 0 atom stereocenters. The van der Waals surface area contributed by atoms with Gasteiger partial charge in [0.15, 0.2) is 0 Å². The average Bonchev–Trinajstić information content (AvgIpc) is 2.25. The molecule has 0 radical (unpaired) electrons. The Hall–Kier alpha value is -1.76. The Morgan fingerprint density at radius 2 is 1.74 bits per heavy atom. The summed E-state index contributed by atoms with van der Waals surface area (Å²) in [6, 6.07) is 3.30. The van der Waals surface area contributed by atoms with Crippen LogP contribution in [0.4, 0.5) is 13.2 Å². The first-order chi connectivity index (χ1) is 8.70. The molecule has 0 aromatic heterocycles. The molecule has 3 N–H and O–H groups in total. The molecule has 0 spiro atoms. The predicted molar refractivity (Wildman–Crippen MR) is 64.4 cm³/mol. The molecule has 0 unspecified atom stereocenters. The van der Waals surface area contributed by atoms with Crippen LogP contribution in [-0.2, 0) is 4.74 Å². The zero-order chi connectivity index (χ0) is 14.6. The van der Waals surface area contributed by atoms with Crippen LogP contribution in [-0.4, -0.2) is 25.4 Å². The molecular formula is C12H15F3N2O2. The van der Waals surface area contributed by atoms with Gasteiger partial charge < -0.3 is 10.5 Å². The second-order valence-corrected chi connectivity index (χ2v) is 4.00. The van der Waals surface area contributed by atoms with E-state index in [9.17, 15) is 13.2 Å². The molecule has 19 heavy (non-hydrogen) atoms. The van der Waals surface area contributed by atoms with E-state index in [1.165, 1.54) is 0 Å². The van der Waals surface area contributed by atoms with E-state index in [1.54, 1.807) is 26.0 Å². The molecule has 1 rings (SSSR count). The molecule has 1 aromatic carbocycles. The highest BCUT2D eigenvalue weighted by molar-refractivity contribution is 5.95. The summed E-state index contributed by atoms with van der Waals surface area (Å²) in [4.78, 5) is 0. The number of ether oxygens (including phenoxy) is 2. The van der Waals surface area contributed by atoms with Crippen molar-refractivity contribution in [2.75, 3.05) is 13.2 Å². The standard InChI is InChI=1S/C12H15F3N2O2/c1-7-5-9(11(16)17)6-8(2)10(7)18-3-4-19-12(13,14)15/h5-6H,3-4H2,1-2H3,(H3,16,17). The third-order valence-electron chi connectivity index (χ3n) is 2.37. The lowest BCUT2D eigenvalue weighted by Crippen LogP contribution is -2.18. The molecule has 106 valence electrons. The maximum absolute atomic E-state index is 11.8. The molecule has 0 saturated carbocycles. The smallest absolute Gasteiger partial charge is 0.491 e. The Bertz CT molecular complexity index is 450. The minimum absolute atomic E-state index is 0.0712. The van der Waals surface area contributed by atoms with E-state index in [0.29, 0.717) is 22.4 Å². The van der Waals surface area contributed by atoms with Crippen LogP contribution >= 0.6 is 0 Å². The average molecular weight is 276 g/mol. The molecule has 0 bridgehead atoms. The number of alkyl halides is 3. The lowest BCUT2D eigenvalue weighted by atomic mass is 10.1. The highest BCUT2D eigenvalue weighted by Crippen LogP contribution is 2.25. The van der Waals surface area contributed by atoms with Crippen LogP contribution in [0, 0.1) is 19.3 Å². The van der Waals surface area contributed by atoms with Gasteiger partial charge in [0.25, 0.3) is 0 Å². The number of nitrogens with one attached hydrogen (secondary N) is 1. The fraction of sp³-hybridized carbons (Fsp3) is 0.417. The third kappa shape index (κ3) is 4.78. The Kier molecular flexibility index (Phi) is 4.77. The van der Waals surface area contributed by atoms with Gasteiger partial charge >= 0.3 is 6.36 Å². The van der Waals surface area contributed by atoms with Crippen molar-refractivity contribution in [2.45, 2.75) is 20.2 Å². The van der Waals surface area contributed by atoms with Gasteiger partial charge in [-0.15, -0.1) is 13.2 Å². The van der Waals surface area contributed by atoms with Crippen LogP contribution in [0.25, 0.3) is 0 Å². The van der Waals surface area contributed by atoms with Crippen molar-refractivity contribution in [1.82, 2.24) is 0 Å². The SMILES string of the molecule is Cc1cc(C(=N)N)cc(C)c1OCCOC(F)(F)F. The zero-order valence-electron chi connectivity index (χ0n) is 10.6.